The number of aromatic nitrogens is 1. The Hall–Kier alpha value is -2.99. The Balaban J connectivity index is 1.59. The van der Waals surface area contributed by atoms with Crippen molar-refractivity contribution in [3.63, 3.8) is 0 Å². The van der Waals surface area contributed by atoms with Gasteiger partial charge in [0.25, 0.3) is 0 Å². The van der Waals surface area contributed by atoms with Crippen LogP contribution in [0.5, 0.6) is 0 Å². The van der Waals surface area contributed by atoms with Crippen LogP contribution in [-0.4, -0.2) is 15.9 Å². The molecule has 1 heterocycles. The maximum atomic E-state index is 13.6. The van der Waals surface area contributed by atoms with Gasteiger partial charge < -0.3 is 9.88 Å². The van der Waals surface area contributed by atoms with Gasteiger partial charge in [0.1, 0.15) is 5.82 Å². The average molecular weight is 366 g/mol. The average Bonchev–Trinajstić information content (AvgIpc) is 3.06. The largest absolute Gasteiger partial charge is 0.342 e. The van der Waals surface area contributed by atoms with Crippen LogP contribution in [0.2, 0.25) is 0 Å². The van der Waals surface area contributed by atoms with Crippen LogP contribution in [0.3, 0.4) is 0 Å². The molecular weight excluding hydrogens is 347 g/mol. The monoisotopic (exact) mass is 366 g/mol. The fourth-order valence-corrected chi connectivity index (χ4v) is 2.61. The highest BCUT2D eigenvalue weighted by atomic mass is 32.1. The van der Waals surface area contributed by atoms with E-state index < -0.39 is 0 Å². The summed E-state index contributed by atoms with van der Waals surface area (Å²) in [6.07, 6.45) is 3.68. The van der Waals surface area contributed by atoms with Gasteiger partial charge in [-0.15, -0.1) is 0 Å². The quantitative estimate of drug-likeness (QED) is 0.402. The van der Waals surface area contributed by atoms with Gasteiger partial charge in [-0.2, -0.15) is 5.10 Å². The molecule has 0 unspecified atom stereocenters. The zero-order valence-corrected chi connectivity index (χ0v) is 15.1. The van der Waals surface area contributed by atoms with Crippen molar-refractivity contribution in [1.29, 1.82) is 0 Å². The molecule has 132 valence electrons. The van der Waals surface area contributed by atoms with E-state index >= 15 is 0 Å². The van der Waals surface area contributed by atoms with E-state index in [1.54, 1.807) is 24.4 Å². The SMILES string of the molecule is Cc1ccc(Cn2cccc2/C=N/NC(=S)Nc2ccccc2F)cc1. The number of aryl methyl sites for hydroxylation is 1. The molecule has 3 rings (SSSR count). The molecule has 2 aromatic carbocycles. The highest BCUT2D eigenvalue weighted by Crippen LogP contribution is 2.12. The molecule has 0 aliphatic rings. The summed E-state index contributed by atoms with van der Waals surface area (Å²) in [7, 11) is 0. The minimum atomic E-state index is -0.368. The first-order chi connectivity index (χ1) is 12.6. The van der Waals surface area contributed by atoms with Gasteiger partial charge in [0.05, 0.1) is 17.6 Å². The third-order valence-corrected chi connectivity index (χ3v) is 4.02. The standard InChI is InChI=1S/C20H19FN4S/c1-15-8-10-16(11-9-15)14-25-12-4-5-17(25)13-22-24-20(26)23-19-7-3-2-6-18(19)21/h2-13H,14H2,1H3,(H2,23,24,26)/b22-13+. The summed E-state index contributed by atoms with van der Waals surface area (Å²) in [6.45, 7) is 2.83. The molecule has 1 aromatic heterocycles. The number of benzene rings is 2. The molecule has 2 N–H and O–H groups in total. The first-order valence-corrected chi connectivity index (χ1v) is 8.58. The minimum Gasteiger partial charge on any atom is -0.342 e. The minimum absolute atomic E-state index is 0.225. The highest BCUT2D eigenvalue weighted by Gasteiger charge is 2.02. The van der Waals surface area contributed by atoms with Crippen molar-refractivity contribution < 1.29 is 4.39 Å². The summed E-state index contributed by atoms with van der Waals surface area (Å²) >= 11 is 5.13. The molecule has 0 saturated carbocycles. The number of nitrogens with one attached hydrogen (secondary N) is 2. The number of hydrazone groups is 1. The summed E-state index contributed by atoms with van der Waals surface area (Å²) < 4.78 is 15.7. The number of nitrogens with zero attached hydrogens (tertiary/aromatic N) is 2. The number of rotatable bonds is 5. The number of thiocarbonyl (C=S) groups is 1. The van der Waals surface area contributed by atoms with Crippen LogP contribution in [0.1, 0.15) is 16.8 Å². The van der Waals surface area contributed by atoms with E-state index in [4.69, 9.17) is 12.2 Å². The Bertz CT molecular complexity index is 916. The van der Waals surface area contributed by atoms with Crippen LogP contribution in [0, 0.1) is 12.7 Å². The van der Waals surface area contributed by atoms with Gasteiger partial charge in [-0.05, 0) is 49.0 Å². The number of para-hydroxylation sites is 1. The van der Waals surface area contributed by atoms with Gasteiger partial charge in [-0.3, -0.25) is 5.43 Å². The lowest BCUT2D eigenvalue weighted by Gasteiger charge is -2.08. The number of hydrogen-bond acceptors (Lipinski definition) is 2. The second-order valence-electron chi connectivity index (χ2n) is 5.85. The Morgan fingerprint density at radius 2 is 1.88 bits per heavy atom. The van der Waals surface area contributed by atoms with Crippen molar-refractivity contribution in [1.82, 2.24) is 9.99 Å². The molecule has 26 heavy (non-hydrogen) atoms. The van der Waals surface area contributed by atoms with Crippen LogP contribution in [0.25, 0.3) is 0 Å². The van der Waals surface area contributed by atoms with Gasteiger partial charge in [0.2, 0.25) is 0 Å². The fraction of sp³-hybridized carbons (Fsp3) is 0.100. The maximum Gasteiger partial charge on any atom is 0.191 e. The van der Waals surface area contributed by atoms with Crippen LogP contribution >= 0.6 is 12.2 Å². The second-order valence-corrected chi connectivity index (χ2v) is 6.26. The van der Waals surface area contributed by atoms with Crippen molar-refractivity contribution in [2.45, 2.75) is 13.5 Å². The van der Waals surface area contributed by atoms with E-state index in [-0.39, 0.29) is 10.9 Å². The van der Waals surface area contributed by atoms with Crippen LogP contribution in [0.15, 0.2) is 72.0 Å². The maximum absolute atomic E-state index is 13.6. The van der Waals surface area contributed by atoms with Gasteiger partial charge in [-0.1, -0.05) is 42.0 Å². The van der Waals surface area contributed by atoms with E-state index in [0.29, 0.717) is 5.69 Å². The van der Waals surface area contributed by atoms with Crippen molar-refractivity contribution in [3.8, 4) is 0 Å². The lowest BCUT2D eigenvalue weighted by molar-refractivity contribution is 0.632. The van der Waals surface area contributed by atoms with E-state index in [1.807, 2.05) is 18.3 Å². The molecule has 0 bridgehead atoms. The van der Waals surface area contributed by atoms with E-state index in [9.17, 15) is 4.39 Å². The topological polar surface area (TPSA) is 41.4 Å². The summed E-state index contributed by atoms with van der Waals surface area (Å²) in [5.74, 6) is -0.368. The lowest BCUT2D eigenvalue weighted by Crippen LogP contribution is -2.24. The molecule has 0 fully saturated rings. The summed E-state index contributed by atoms with van der Waals surface area (Å²) in [5, 5.41) is 7.13. The molecule has 0 spiro atoms. The molecule has 0 atom stereocenters. The predicted molar refractivity (Wildman–Crippen MR) is 108 cm³/mol. The highest BCUT2D eigenvalue weighted by molar-refractivity contribution is 7.80. The third-order valence-electron chi connectivity index (χ3n) is 3.82. The van der Waals surface area contributed by atoms with Crippen molar-refractivity contribution in [2.75, 3.05) is 5.32 Å². The molecule has 0 aliphatic carbocycles. The van der Waals surface area contributed by atoms with Crippen LogP contribution in [0.4, 0.5) is 10.1 Å². The van der Waals surface area contributed by atoms with Gasteiger partial charge in [-0.25, -0.2) is 4.39 Å². The molecule has 0 saturated heterocycles. The van der Waals surface area contributed by atoms with Crippen molar-refractivity contribution in [3.05, 3.63) is 89.5 Å². The van der Waals surface area contributed by atoms with Crippen molar-refractivity contribution >= 4 is 29.2 Å². The molecule has 3 aromatic rings. The van der Waals surface area contributed by atoms with Crippen LogP contribution in [-0.2, 0) is 6.54 Å². The van der Waals surface area contributed by atoms with E-state index in [1.165, 1.54) is 17.2 Å². The Morgan fingerprint density at radius 1 is 1.12 bits per heavy atom. The first-order valence-electron chi connectivity index (χ1n) is 8.17. The molecule has 0 amide bonds. The number of anilines is 1. The summed E-state index contributed by atoms with van der Waals surface area (Å²) in [6, 6.07) is 18.7. The predicted octanol–water partition coefficient (Wildman–Crippen LogP) is 4.30. The second kappa shape index (κ2) is 8.40. The zero-order valence-electron chi connectivity index (χ0n) is 14.3. The molecule has 0 radical (unpaired) electrons. The summed E-state index contributed by atoms with van der Waals surface area (Å²) in [5.41, 5.74) is 6.40. The Morgan fingerprint density at radius 3 is 2.65 bits per heavy atom. The number of halogens is 1. The lowest BCUT2D eigenvalue weighted by atomic mass is 10.1. The fourth-order valence-electron chi connectivity index (χ4n) is 2.45. The zero-order chi connectivity index (χ0) is 18.4. The van der Waals surface area contributed by atoms with Crippen LogP contribution < -0.4 is 10.7 Å². The normalized spacial score (nSPS) is 10.8. The molecular formula is C20H19FN4S. The molecule has 4 nitrogen and oxygen atoms in total. The van der Waals surface area contributed by atoms with Gasteiger partial charge in [0.15, 0.2) is 5.11 Å². The van der Waals surface area contributed by atoms with Gasteiger partial charge in [0, 0.05) is 12.7 Å². The van der Waals surface area contributed by atoms with Crippen molar-refractivity contribution in [2.24, 2.45) is 5.10 Å². The van der Waals surface area contributed by atoms with Gasteiger partial charge >= 0.3 is 0 Å². The third kappa shape index (κ3) is 4.77. The number of hydrogen-bond donors (Lipinski definition) is 2. The van der Waals surface area contributed by atoms with E-state index in [0.717, 1.165) is 12.2 Å². The Labute approximate surface area is 157 Å². The molecule has 0 aliphatic heterocycles. The van der Waals surface area contributed by atoms with E-state index in [2.05, 4.69) is 51.6 Å². The summed E-state index contributed by atoms with van der Waals surface area (Å²) in [4.78, 5) is 0. The Kier molecular flexibility index (Phi) is 5.76. The molecule has 6 heteroatoms. The first kappa shape index (κ1) is 17.8. The smallest absolute Gasteiger partial charge is 0.191 e.